The summed E-state index contributed by atoms with van der Waals surface area (Å²) in [4.78, 5) is 0. The number of aromatic nitrogens is 2. The van der Waals surface area contributed by atoms with Gasteiger partial charge >= 0.3 is 0 Å². The van der Waals surface area contributed by atoms with E-state index in [4.69, 9.17) is 0 Å². The molecular weight excluding hydrogens is 569 g/mol. The molecule has 0 fully saturated rings. The van der Waals surface area contributed by atoms with Gasteiger partial charge in [0.15, 0.2) is 0 Å². The van der Waals surface area contributed by atoms with Crippen molar-refractivity contribution >= 4 is 34.0 Å². The Bertz CT molecular complexity index is 2520. The van der Waals surface area contributed by atoms with E-state index >= 15 is 0 Å². The van der Waals surface area contributed by atoms with Crippen molar-refractivity contribution in [2.75, 3.05) is 0 Å². The number of fused-ring (bicyclic) bond motifs is 4. The van der Waals surface area contributed by atoms with Crippen LogP contribution in [0.25, 0.3) is 67.7 Å². The van der Waals surface area contributed by atoms with Crippen LogP contribution in [-0.2, 0) is 5.41 Å². The summed E-state index contributed by atoms with van der Waals surface area (Å²) >= 11 is 0. The van der Waals surface area contributed by atoms with Crippen molar-refractivity contribution in [1.29, 1.82) is 0 Å². The maximum atomic E-state index is 2.55. The van der Waals surface area contributed by atoms with E-state index in [-0.39, 0.29) is 5.41 Å². The van der Waals surface area contributed by atoms with Crippen LogP contribution in [0, 0.1) is 0 Å². The monoisotopic (exact) mass is 602 g/mol. The molecule has 9 rings (SSSR count). The maximum Gasteiger partial charge on any atom is 0.0619 e. The Morgan fingerprint density at radius 3 is 1.74 bits per heavy atom. The minimum atomic E-state index is -0.197. The zero-order valence-corrected chi connectivity index (χ0v) is 26.3. The first-order valence-electron chi connectivity index (χ1n) is 16.4. The van der Waals surface area contributed by atoms with E-state index in [9.17, 15) is 0 Å². The predicted octanol–water partition coefficient (Wildman–Crippen LogP) is 9.83. The molecule has 2 heterocycles. The second-order valence-electron chi connectivity index (χ2n) is 12.8. The van der Waals surface area contributed by atoms with E-state index in [1.807, 2.05) is 0 Å². The lowest BCUT2D eigenvalue weighted by molar-refractivity contribution is 0.652. The minimum Gasteiger partial charge on any atom is -0.309 e. The van der Waals surface area contributed by atoms with Gasteiger partial charge in [0, 0.05) is 43.7 Å². The Morgan fingerprint density at radius 2 is 1.06 bits per heavy atom. The molecule has 2 heteroatoms. The highest BCUT2D eigenvalue weighted by Crippen LogP contribution is 2.39. The zero-order valence-electron chi connectivity index (χ0n) is 26.3. The Hall–Kier alpha value is -5.86. The average molecular weight is 603 g/mol. The van der Waals surface area contributed by atoms with Crippen LogP contribution in [0.1, 0.15) is 18.9 Å². The Labute approximate surface area is 274 Å². The number of nitrogens with zero attached hydrogens (tertiary/aromatic N) is 2. The molecule has 8 aromatic rings. The summed E-state index contributed by atoms with van der Waals surface area (Å²) < 4.78 is 4.87. The third-order valence-corrected chi connectivity index (χ3v) is 9.90. The van der Waals surface area contributed by atoms with Gasteiger partial charge in [-0.3, -0.25) is 0 Å². The first kappa shape index (κ1) is 27.5. The molecule has 224 valence electrons. The van der Waals surface area contributed by atoms with Gasteiger partial charge in [-0.2, -0.15) is 0 Å². The first-order chi connectivity index (χ1) is 23.2. The van der Waals surface area contributed by atoms with E-state index in [0.717, 1.165) is 6.42 Å². The summed E-state index contributed by atoms with van der Waals surface area (Å²) in [7, 11) is 0. The Morgan fingerprint density at radius 1 is 0.511 bits per heavy atom. The normalized spacial score (nSPS) is 15.7. The van der Waals surface area contributed by atoms with Crippen LogP contribution in [0.2, 0.25) is 0 Å². The van der Waals surface area contributed by atoms with Gasteiger partial charge in [0.05, 0.1) is 16.7 Å². The lowest BCUT2D eigenvalue weighted by Crippen LogP contribution is -2.37. The molecule has 47 heavy (non-hydrogen) atoms. The maximum absolute atomic E-state index is 2.55. The molecule has 0 aliphatic heterocycles. The van der Waals surface area contributed by atoms with Gasteiger partial charge in [-0.05, 0) is 65.6 Å². The van der Waals surface area contributed by atoms with Gasteiger partial charge in [-0.15, -0.1) is 0 Å². The van der Waals surface area contributed by atoms with Crippen LogP contribution < -0.4 is 10.6 Å². The van der Waals surface area contributed by atoms with E-state index in [2.05, 4.69) is 192 Å². The topological polar surface area (TPSA) is 9.86 Å². The van der Waals surface area contributed by atoms with Crippen molar-refractivity contribution < 1.29 is 0 Å². The number of rotatable bonds is 5. The van der Waals surface area contributed by atoms with Gasteiger partial charge < -0.3 is 9.13 Å². The molecule has 1 atom stereocenters. The van der Waals surface area contributed by atoms with Crippen molar-refractivity contribution in [3.05, 3.63) is 180 Å². The molecule has 0 spiro atoms. The molecule has 2 nitrogen and oxygen atoms in total. The quantitative estimate of drug-likeness (QED) is 0.186. The largest absolute Gasteiger partial charge is 0.309 e. The third kappa shape index (κ3) is 4.40. The third-order valence-electron chi connectivity index (χ3n) is 9.90. The molecule has 1 unspecified atom stereocenters. The zero-order chi connectivity index (χ0) is 31.4. The van der Waals surface area contributed by atoms with E-state index in [1.165, 1.54) is 71.7 Å². The molecule has 0 N–H and O–H groups in total. The molecule has 1 aliphatic carbocycles. The predicted molar refractivity (Wildman–Crippen MR) is 198 cm³/mol. The van der Waals surface area contributed by atoms with Gasteiger partial charge in [0.1, 0.15) is 0 Å². The fraction of sp³-hybridized carbons (Fsp3) is 0.0667. The van der Waals surface area contributed by atoms with Crippen molar-refractivity contribution in [2.24, 2.45) is 0 Å². The van der Waals surface area contributed by atoms with Gasteiger partial charge in [0.25, 0.3) is 0 Å². The Kier molecular flexibility index (Phi) is 6.36. The van der Waals surface area contributed by atoms with Crippen molar-refractivity contribution in [1.82, 2.24) is 9.13 Å². The molecule has 0 saturated heterocycles. The van der Waals surface area contributed by atoms with Crippen LogP contribution in [0.3, 0.4) is 0 Å². The van der Waals surface area contributed by atoms with Crippen molar-refractivity contribution in [2.45, 2.75) is 18.8 Å². The fourth-order valence-corrected chi connectivity index (χ4v) is 7.64. The van der Waals surface area contributed by atoms with E-state index in [1.54, 1.807) is 0 Å². The highest BCUT2D eigenvalue weighted by atomic mass is 15.0. The van der Waals surface area contributed by atoms with Crippen LogP contribution in [0.4, 0.5) is 0 Å². The molecule has 6 aromatic carbocycles. The van der Waals surface area contributed by atoms with Crippen LogP contribution in [-0.4, -0.2) is 9.13 Å². The molecule has 0 saturated carbocycles. The fourth-order valence-electron chi connectivity index (χ4n) is 7.64. The lowest BCUT2D eigenvalue weighted by atomic mass is 9.76. The molecule has 0 bridgehead atoms. The SMILES string of the molecule is CC1(c2ccc3c(c2)c2ccccc2n3-c2ccccc2)C=c2c(-c3ccccc3)c(-c3ccccc3)n(-c3ccccc3)c2=CC1. The van der Waals surface area contributed by atoms with E-state index in [0.29, 0.717) is 0 Å². The second-order valence-corrected chi connectivity index (χ2v) is 12.8. The summed E-state index contributed by atoms with van der Waals surface area (Å²) in [5.74, 6) is 0. The van der Waals surface area contributed by atoms with Crippen molar-refractivity contribution in [3.63, 3.8) is 0 Å². The average Bonchev–Trinajstić information content (AvgIpc) is 3.65. The molecule has 0 radical (unpaired) electrons. The Balaban J connectivity index is 1.32. The van der Waals surface area contributed by atoms with Crippen LogP contribution in [0.5, 0.6) is 0 Å². The van der Waals surface area contributed by atoms with Gasteiger partial charge in [-0.1, -0.05) is 140 Å². The van der Waals surface area contributed by atoms with E-state index < -0.39 is 0 Å². The van der Waals surface area contributed by atoms with Gasteiger partial charge in [-0.25, -0.2) is 0 Å². The lowest BCUT2D eigenvalue weighted by Gasteiger charge is -2.28. The molecule has 1 aliphatic rings. The summed E-state index contributed by atoms with van der Waals surface area (Å²) in [5.41, 5.74) is 10.9. The molecular formula is C45H34N2. The van der Waals surface area contributed by atoms with Crippen molar-refractivity contribution in [3.8, 4) is 33.8 Å². The number of benzene rings is 6. The molecule has 0 amide bonds. The minimum absolute atomic E-state index is 0.197. The smallest absolute Gasteiger partial charge is 0.0619 e. The molecule has 2 aromatic heterocycles. The highest BCUT2D eigenvalue weighted by molar-refractivity contribution is 6.09. The highest BCUT2D eigenvalue weighted by Gasteiger charge is 2.30. The van der Waals surface area contributed by atoms with Crippen LogP contribution >= 0.6 is 0 Å². The number of hydrogen-bond acceptors (Lipinski definition) is 0. The summed E-state index contributed by atoms with van der Waals surface area (Å²) in [6.07, 6.45) is 5.93. The number of hydrogen-bond donors (Lipinski definition) is 0. The number of para-hydroxylation sites is 3. The second kappa shape index (κ2) is 10.9. The summed E-state index contributed by atoms with van der Waals surface area (Å²) in [6.45, 7) is 2.40. The first-order valence-corrected chi connectivity index (χ1v) is 16.4. The van der Waals surface area contributed by atoms with Crippen LogP contribution in [0.15, 0.2) is 164 Å². The van der Waals surface area contributed by atoms with Gasteiger partial charge in [0.2, 0.25) is 0 Å². The summed E-state index contributed by atoms with van der Waals surface area (Å²) in [6, 6.07) is 59.2. The standard InChI is InChI=1S/C45H34N2/c1-45(34-26-27-41-38(30-34)37-24-14-15-25-40(37)46(41)35-20-10-4-11-21-35)29-28-42-39(31-45)43(32-16-6-2-7-17-32)44(33-18-8-3-9-19-33)47(42)36-22-12-5-13-23-36/h2-28,30-31H,29H2,1H3. The summed E-state index contributed by atoms with van der Waals surface area (Å²) in [5, 5.41) is 5.12.